The van der Waals surface area contributed by atoms with E-state index in [1.54, 1.807) is 13.8 Å². The summed E-state index contributed by atoms with van der Waals surface area (Å²) in [6.07, 6.45) is 0. The van der Waals surface area contributed by atoms with Gasteiger partial charge in [-0.1, -0.05) is 6.07 Å². The van der Waals surface area contributed by atoms with E-state index < -0.39 is 17.8 Å². The molecule has 0 aromatic heterocycles. The second-order valence-corrected chi connectivity index (χ2v) is 3.10. The highest BCUT2D eigenvalue weighted by Gasteiger charge is 2.22. The summed E-state index contributed by atoms with van der Waals surface area (Å²) in [5, 5.41) is 0. The fraction of sp³-hybridized carbons (Fsp3) is 0.333. The Hall–Kier alpha value is -1.91. The topological polar surface area (TPSA) is 52.6 Å². The first kappa shape index (κ1) is 13.2. The highest BCUT2D eigenvalue weighted by atomic mass is 19.1. The van der Waals surface area contributed by atoms with Crippen LogP contribution in [0.1, 0.15) is 34.6 Å². The number of esters is 2. The maximum absolute atomic E-state index is 13.5. The van der Waals surface area contributed by atoms with E-state index in [2.05, 4.69) is 0 Å². The van der Waals surface area contributed by atoms with Gasteiger partial charge in [0.05, 0.1) is 18.8 Å². The Kier molecular flexibility index (Phi) is 4.63. The van der Waals surface area contributed by atoms with Crippen molar-refractivity contribution >= 4 is 11.9 Å². The van der Waals surface area contributed by atoms with Crippen molar-refractivity contribution in [2.24, 2.45) is 0 Å². The van der Waals surface area contributed by atoms with Crippen molar-refractivity contribution in [2.45, 2.75) is 13.8 Å². The van der Waals surface area contributed by atoms with Crippen molar-refractivity contribution < 1.29 is 23.5 Å². The molecule has 5 heteroatoms. The van der Waals surface area contributed by atoms with E-state index in [4.69, 9.17) is 9.47 Å². The first-order chi connectivity index (χ1) is 8.11. The van der Waals surface area contributed by atoms with Crippen LogP contribution in [-0.4, -0.2) is 25.2 Å². The molecular formula is C12H13FO4. The monoisotopic (exact) mass is 240 g/mol. The molecule has 0 bridgehead atoms. The Morgan fingerprint density at radius 2 is 1.71 bits per heavy atom. The lowest BCUT2D eigenvalue weighted by Gasteiger charge is -2.08. The number of benzene rings is 1. The van der Waals surface area contributed by atoms with E-state index in [-0.39, 0.29) is 24.3 Å². The molecule has 1 aromatic rings. The predicted molar refractivity (Wildman–Crippen MR) is 58.3 cm³/mol. The van der Waals surface area contributed by atoms with Crippen LogP contribution < -0.4 is 0 Å². The molecule has 0 fully saturated rings. The molecule has 0 amide bonds. The maximum atomic E-state index is 13.5. The van der Waals surface area contributed by atoms with Crippen LogP contribution in [0.5, 0.6) is 0 Å². The average Bonchev–Trinajstić information content (AvgIpc) is 2.29. The van der Waals surface area contributed by atoms with Gasteiger partial charge in [0.25, 0.3) is 0 Å². The minimum atomic E-state index is -0.867. The second kappa shape index (κ2) is 5.98. The van der Waals surface area contributed by atoms with Crippen molar-refractivity contribution in [3.05, 3.63) is 35.1 Å². The summed E-state index contributed by atoms with van der Waals surface area (Å²) in [6, 6.07) is 3.76. The number of ether oxygens (including phenoxy) is 2. The molecule has 0 aliphatic heterocycles. The minimum Gasteiger partial charge on any atom is -0.462 e. The molecule has 0 aliphatic carbocycles. The molecule has 92 valence electrons. The third-order valence-electron chi connectivity index (χ3n) is 1.99. The molecule has 0 N–H and O–H groups in total. The van der Waals surface area contributed by atoms with E-state index in [0.29, 0.717) is 0 Å². The second-order valence-electron chi connectivity index (χ2n) is 3.10. The molecule has 17 heavy (non-hydrogen) atoms. The zero-order valence-electron chi connectivity index (χ0n) is 9.66. The number of carbonyl (C=O) groups excluding carboxylic acids is 2. The summed E-state index contributed by atoms with van der Waals surface area (Å²) in [5.41, 5.74) is -0.502. The van der Waals surface area contributed by atoms with E-state index in [1.807, 2.05) is 0 Å². The lowest BCUT2D eigenvalue weighted by Crippen LogP contribution is -2.15. The van der Waals surface area contributed by atoms with Gasteiger partial charge in [0.15, 0.2) is 0 Å². The third kappa shape index (κ3) is 3.03. The summed E-state index contributed by atoms with van der Waals surface area (Å²) in [5.74, 6) is -2.40. The first-order valence-electron chi connectivity index (χ1n) is 5.24. The fourth-order valence-corrected chi connectivity index (χ4v) is 1.31. The number of halogens is 1. The van der Waals surface area contributed by atoms with Crippen LogP contribution in [-0.2, 0) is 9.47 Å². The molecule has 4 nitrogen and oxygen atoms in total. The summed E-state index contributed by atoms with van der Waals surface area (Å²) in [6.45, 7) is 3.48. The standard InChI is InChI=1S/C12H13FO4/c1-3-16-11(14)8-6-5-7-9(13)10(8)12(15)17-4-2/h5-7H,3-4H2,1-2H3. The van der Waals surface area contributed by atoms with E-state index >= 15 is 0 Å². The molecule has 1 rings (SSSR count). The van der Waals surface area contributed by atoms with Gasteiger partial charge < -0.3 is 9.47 Å². The Balaban J connectivity index is 3.17. The Morgan fingerprint density at radius 3 is 2.29 bits per heavy atom. The highest BCUT2D eigenvalue weighted by molar-refractivity contribution is 6.03. The molecule has 0 heterocycles. The maximum Gasteiger partial charge on any atom is 0.342 e. The van der Waals surface area contributed by atoms with Gasteiger partial charge in [0, 0.05) is 0 Å². The van der Waals surface area contributed by atoms with Crippen molar-refractivity contribution in [1.82, 2.24) is 0 Å². The lowest BCUT2D eigenvalue weighted by atomic mass is 10.1. The van der Waals surface area contributed by atoms with E-state index in [9.17, 15) is 14.0 Å². The van der Waals surface area contributed by atoms with Crippen LogP contribution in [0.4, 0.5) is 4.39 Å². The Morgan fingerprint density at radius 1 is 1.12 bits per heavy atom. The minimum absolute atomic E-state index is 0.107. The van der Waals surface area contributed by atoms with Gasteiger partial charge in [-0.25, -0.2) is 14.0 Å². The van der Waals surface area contributed by atoms with Gasteiger partial charge in [0.1, 0.15) is 11.4 Å². The van der Waals surface area contributed by atoms with Gasteiger partial charge in [-0.05, 0) is 26.0 Å². The molecule has 0 atom stereocenters. The molecule has 1 aromatic carbocycles. The summed E-state index contributed by atoms with van der Waals surface area (Å²) < 4.78 is 22.9. The Labute approximate surface area is 98.3 Å². The zero-order valence-corrected chi connectivity index (χ0v) is 9.66. The summed E-state index contributed by atoms with van der Waals surface area (Å²) in [7, 11) is 0. The number of hydrogen-bond acceptors (Lipinski definition) is 4. The fourth-order valence-electron chi connectivity index (χ4n) is 1.31. The van der Waals surface area contributed by atoms with Crippen LogP contribution in [0.2, 0.25) is 0 Å². The van der Waals surface area contributed by atoms with Crippen LogP contribution in [0, 0.1) is 5.82 Å². The quantitative estimate of drug-likeness (QED) is 0.757. The van der Waals surface area contributed by atoms with Gasteiger partial charge in [0.2, 0.25) is 0 Å². The largest absolute Gasteiger partial charge is 0.462 e. The number of rotatable bonds is 4. The van der Waals surface area contributed by atoms with Crippen LogP contribution in [0.3, 0.4) is 0 Å². The summed E-state index contributed by atoms with van der Waals surface area (Å²) >= 11 is 0. The van der Waals surface area contributed by atoms with Crippen LogP contribution in [0.25, 0.3) is 0 Å². The molecule has 0 aliphatic rings. The zero-order chi connectivity index (χ0) is 12.8. The van der Waals surface area contributed by atoms with Gasteiger partial charge >= 0.3 is 11.9 Å². The van der Waals surface area contributed by atoms with E-state index in [1.165, 1.54) is 12.1 Å². The van der Waals surface area contributed by atoms with Gasteiger partial charge in [-0.2, -0.15) is 0 Å². The van der Waals surface area contributed by atoms with Crippen molar-refractivity contribution in [2.75, 3.05) is 13.2 Å². The van der Waals surface area contributed by atoms with Crippen molar-refractivity contribution in [3.63, 3.8) is 0 Å². The van der Waals surface area contributed by atoms with Crippen LogP contribution >= 0.6 is 0 Å². The Bertz CT molecular complexity index is 429. The molecule has 0 saturated carbocycles. The molecule has 0 spiro atoms. The SMILES string of the molecule is CCOC(=O)c1cccc(F)c1C(=O)OCC. The van der Waals surface area contributed by atoms with Gasteiger partial charge in [-0.15, -0.1) is 0 Å². The van der Waals surface area contributed by atoms with Crippen molar-refractivity contribution in [1.29, 1.82) is 0 Å². The van der Waals surface area contributed by atoms with Gasteiger partial charge in [-0.3, -0.25) is 0 Å². The smallest absolute Gasteiger partial charge is 0.342 e. The highest BCUT2D eigenvalue weighted by Crippen LogP contribution is 2.16. The molecule has 0 saturated heterocycles. The molecule has 0 unspecified atom stereocenters. The lowest BCUT2D eigenvalue weighted by molar-refractivity contribution is 0.0474. The molecule has 0 radical (unpaired) electrons. The van der Waals surface area contributed by atoms with Crippen LogP contribution in [0.15, 0.2) is 18.2 Å². The number of carbonyl (C=O) groups is 2. The average molecular weight is 240 g/mol. The van der Waals surface area contributed by atoms with Crippen molar-refractivity contribution in [3.8, 4) is 0 Å². The summed E-state index contributed by atoms with van der Waals surface area (Å²) in [4.78, 5) is 23.1. The first-order valence-corrected chi connectivity index (χ1v) is 5.24. The third-order valence-corrected chi connectivity index (χ3v) is 1.99. The number of hydrogen-bond donors (Lipinski definition) is 0. The predicted octanol–water partition coefficient (Wildman–Crippen LogP) is 2.18. The molecular weight excluding hydrogens is 227 g/mol. The normalized spacial score (nSPS) is 9.82. The van der Waals surface area contributed by atoms with E-state index in [0.717, 1.165) is 6.07 Å².